The Labute approximate surface area is 157 Å². The van der Waals surface area contributed by atoms with Gasteiger partial charge in [0, 0.05) is 30.8 Å². The van der Waals surface area contributed by atoms with Crippen molar-refractivity contribution in [2.24, 2.45) is 5.92 Å². The third-order valence-corrected chi connectivity index (χ3v) is 7.76. The summed E-state index contributed by atoms with van der Waals surface area (Å²) in [6.07, 6.45) is 5.35. The molecule has 4 fully saturated rings. The highest BCUT2D eigenvalue weighted by atomic mass is 32.2. The number of aliphatic carboxylic acids is 1. The standard InChI is InChI=1S/C18H27N3O4S/c1-18-5-4-15(22)21(18)14(10-26-18)17(25)19-12-6-13(7-12)20(9-16(23)24)8-11-2-3-11/h11-14H,2-10H2,1H3,(H,19,25)(H,23,24). The van der Waals surface area contributed by atoms with Gasteiger partial charge in [-0.1, -0.05) is 0 Å². The summed E-state index contributed by atoms with van der Waals surface area (Å²) >= 11 is 1.70. The molecule has 2 amide bonds. The van der Waals surface area contributed by atoms with E-state index in [1.807, 2.05) is 0 Å². The molecule has 2 unspecified atom stereocenters. The molecule has 26 heavy (non-hydrogen) atoms. The van der Waals surface area contributed by atoms with E-state index in [4.69, 9.17) is 5.11 Å². The second-order valence-electron chi connectivity index (χ2n) is 8.36. The van der Waals surface area contributed by atoms with Crippen LogP contribution >= 0.6 is 11.8 Å². The van der Waals surface area contributed by atoms with Gasteiger partial charge in [0.25, 0.3) is 0 Å². The van der Waals surface area contributed by atoms with Crippen LogP contribution in [0.1, 0.15) is 45.4 Å². The lowest BCUT2D eigenvalue weighted by molar-refractivity contribution is -0.140. The van der Waals surface area contributed by atoms with Crippen molar-refractivity contribution in [3.05, 3.63) is 0 Å². The van der Waals surface area contributed by atoms with Gasteiger partial charge in [0.05, 0.1) is 11.4 Å². The van der Waals surface area contributed by atoms with Crippen LogP contribution in [-0.2, 0) is 14.4 Å². The lowest BCUT2D eigenvalue weighted by atomic mass is 9.85. The predicted molar refractivity (Wildman–Crippen MR) is 97.6 cm³/mol. The molecule has 2 saturated heterocycles. The number of hydrogen-bond donors (Lipinski definition) is 2. The van der Waals surface area contributed by atoms with Crippen molar-refractivity contribution in [1.29, 1.82) is 0 Å². The van der Waals surface area contributed by atoms with Crippen LogP contribution in [-0.4, -0.2) is 74.5 Å². The Morgan fingerprint density at radius 3 is 2.77 bits per heavy atom. The molecule has 0 aromatic heterocycles. The van der Waals surface area contributed by atoms with E-state index in [1.54, 1.807) is 16.7 Å². The maximum absolute atomic E-state index is 12.7. The van der Waals surface area contributed by atoms with E-state index < -0.39 is 5.97 Å². The number of fused-ring (bicyclic) bond motifs is 1. The Bertz CT molecular complexity index is 620. The number of carboxylic acid groups (broad SMARTS) is 1. The Morgan fingerprint density at radius 1 is 1.38 bits per heavy atom. The number of amides is 2. The van der Waals surface area contributed by atoms with Gasteiger partial charge >= 0.3 is 5.97 Å². The summed E-state index contributed by atoms with van der Waals surface area (Å²) in [4.78, 5) is 39.6. The topological polar surface area (TPSA) is 90.0 Å². The first-order chi connectivity index (χ1) is 12.4. The molecule has 0 bridgehead atoms. The number of carbonyl (C=O) groups excluding carboxylic acids is 2. The molecule has 4 aliphatic rings. The molecule has 2 saturated carbocycles. The highest BCUT2D eigenvalue weighted by Gasteiger charge is 2.53. The van der Waals surface area contributed by atoms with Crippen LogP contribution in [0.5, 0.6) is 0 Å². The molecular weight excluding hydrogens is 354 g/mol. The van der Waals surface area contributed by atoms with Crippen molar-refractivity contribution in [3.63, 3.8) is 0 Å². The average Bonchev–Trinajstić information content (AvgIpc) is 3.20. The van der Waals surface area contributed by atoms with Crippen LogP contribution in [0.2, 0.25) is 0 Å². The average molecular weight is 381 g/mol. The molecule has 2 aliphatic carbocycles. The van der Waals surface area contributed by atoms with Gasteiger partial charge in [-0.3, -0.25) is 19.3 Å². The Hall–Kier alpha value is -1.28. The molecule has 2 atom stereocenters. The molecule has 4 rings (SSSR count). The Balaban J connectivity index is 1.29. The van der Waals surface area contributed by atoms with Gasteiger partial charge in [-0.15, -0.1) is 11.8 Å². The van der Waals surface area contributed by atoms with Crippen LogP contribution in [0.25, 0.3) is 0 Å². The third-order valence-electron chi connectivity index (χ3n) is 6.25. The quantitative estimate of drug-likeness (QED) is 0.681. The fourth-order valence-corrected chi connectivity index (χ4v) is 5.90. The van der Waals surface area contributed by atoms with Crippen LogP contribution < -0.4 is 5.32 Å². The van der Waals surface area contributed by atoms with Crippen molar-refractivity contribution >= 4 is 29.5 Å². The van der Waals surface area contributed by atoms with Gasteiger partial charge in [-0.25, -0.2) is 0 Å². The van der Waals surface area contributed by atoms with Crippen LogP contribution in [0.4, 0.5) is 0 Å². The highest BCUT2D eigenvalue weighted by molar-refractivity contribution is 8.01. The van der Waals surface area contributed by atoms with Crippen molar-refractivity contribution in [2.45, 2.75) is 68.4 Å². The molecule has 7 nitrogen and oxygen atoms in total. The molecule has 2 N–H and O–H groups in total. The zero-order valence-corrected chi connectivity index (χ0v) is 16.0. The summed E-state index contributed by atoms with van der Waals surface area (Å²) in [5, 5.41) is 12.2. The Morgan fingerprint density at radius 2 is 2.12 bits per heavy atom. The van der Waals surface area contributed by atoms with Gasteiger partial charge in [-0.2, -0.15) is 0 Å². The first-order valence-corrected chi connectivity index (χ1v) is 10.6. The summed E-state index contributed by atoms with van der Waals surface area (Å²) in [5.41, 5.74) is 0. The van der Waals surface area contributed by atoms with Gasteiger partial charge in [0.15, 0.2) is 0 Å². The van der Waals surface area contributed by atoms with Gasteiger partial charge in [-0.05, 0) is 44.9 Å². The van der Waals surface area contributed by atoms with E-state index >= 15 is 0 Å². The zero-order valence-electron chi connectivity index (χ0n) is 15.1. The fraction of sp³-hybridized carbons (Fsp3) is 0.833. The normalized spacial score (nSPS) is 36.2. The summed E-state index contributed by atoms with van der Waals surface area (Å²) in [6.45, 7) is 3.00. The maximum Gasteiger partial charge on any atom is 0.317 e. The molecule has 0 radical (unpaired) electrons. The lowest BCUT2D eigenvalue weighted by Crippen LogP contribution is -2.58. The third kappa shape index (κ3) is 3.45. The SMILES string of the molecule is CC12CCC(=O)N1C(C(=O)NC1CC(N(CC(=O)O)CC3CC3)C1)CS2. The molecule has 144 valence electrons. The molecule has 2 aliphatic heterocycles. The van der Waals surface area contributed by atoms with Crippen LogP contribution in [0.15, 0.2) is 0 Å². The smallest absolute Gasteiger partial charge is 0.317 e. The fourth-order valence-electron chi connectivity index (χ4n) is 4.46. The molecule has 0 aromatic carbocycles. The number of rotatable bonds is 7. The maximum atomic E-state index is 12.7. The first-order valence-electron chi connectivity index (χ1n) is 9.58. The van der Waals surface area contributed by atoms with Crippen molar-refractivity contribution in [2.75, 3.05) is 18.8 Å². The van der Waals surface area contributed by atoms with Gasteiger partial charge < -0.3 is 15.3 Å². The zero-order chi connectivity index (χ0) is 18.5. The van der Waals surface area contributed by atoms with E-state index in [-0.39, 0.29) is 41.4 Å². The number of nitrogens with one attached hydrogen (secondary N) is 1. The second kappa shape index (κ2) is 6.71. The number of nitrogens with zero attached hydrogens (tertiary/aromatic N) is 2. The minimum absolute atomic E-state index is 0.0492. The minimum Gasteiger partial charge on any atom is -0.480 e. The monoisotopic (exact) mass is 381 g/mol. The number of thioether (sulfide) groups is 1. The summed E-state index contributed by atoms with van der Waals surface area (Å²) in [5.74, 6) is 0.565. The van der Waals surface area contributed by atoms with Crippen molar-refractivity contribution < 1.29 is 19.5 Å². The highest BCUT2D eigenvalue weighted by Crippen LogP contribution is 2.47. The molecular formula is C18H27N3O4S. The molecule has 0 spiro atoms. The van der Waals surface area contributed by atoms with Gasteiger partial charge in [0.1, 0.15) is 6.04 Å². The lowest BCUT2D eigenvalue weighted by Gasteiger charge is -2.43. The Kier molecular flexibility index (Phi) is 4.67. The van der Waals surface area contributed by atoms with E-state index in [0.29, 0.717) is 18.1 Å². The first kappa shape index (κ1) is 18.1. The van der Waals surface area contributed by atoms with Crippen LogP contribution in [0.3, 0.4) is 0 Å². The van der Waals surface area contributed by atoms with Crippen molar-refractivity contribution in [3.8, 4) is 0 Å². The second-order valence-corrected chi connectivity index (χ2v) is 9.86. The van der Waals surface area contributed by atoms with Gasteiger partial charge in [0.2, 0.25) is 11.8 Å². The summed E-state index contributed by atoms with van der Waals surface area (Å²) < 4.78 is 0. The van der Waals surface area contributed by atoms with Crippen LogP contribution in [0, 0.1) is 5.92 Å². The van der Waals surface area contributed by atoms with E-state index in [9.17, 15) is 14.4 Å². The minimum atomic E-state index is -0.784. The molecule has 2 heterocycles. The van der Waals surface area contributed by atoms with Crippen molar-refractivity contribution in [1.82, 2.24) is 15.1 Å². The molecule has 0 aromatic rings. The number of carboxylic acids is 1. The van der Waals surface area contributed by atoms with E-state index in [2.05, 4.69) is 17.1 Å². The summed E-state index contributed by atoms with van der Waals surface area (Å²) in [6, 6.07) is -0.0215. The molecule has 8 heteroatoms. The predicted octanol–water partition coefficient (Wildman–Crippen LogP) is 0.884. The van der Waals surface area contributed by atoms with E-state index in [0.717, 1.165) is 25.8 Å². The number of hydrogen-bond acceptors (Lipinski definition) is 5. The summed E-state index contributed by atoms with van der Waals surface area (Å²) in [7, 11) is 0. The number of carbonyl (C=O) groups is 3. The van der Waals surface area contributed by atoms with E-state index in [1.165, 1.54) is 12.8 Å². The largest absolute Gasteiger partial charge is 0.480 e.